The molecule has 0 bridgehead atoms. The topological polar surface area (TPSA) is 65.7 Å². The lowest BCUT2D eigenvalue weighted by Gasteiger charge is -2.34. The van der Waals surface area contributed by atoms with Gasteiger partial charge in [0.1, 0.15) is 11.9 Å². The highest BCUT2D eigenvalue weighted by Crippen LogP contribution is 2.30. The summed E-state index contributed by atoms with van der Waals surface area (Å²) in [5.41, 5.74) is 3.42. The van der Waals surface area contributed by atoms with Gasteiger partial charge in [0.25, 0.3) is 5.56 Å². The molecule has 2 heterocycles. The molecule has 1 aliphatic heterocycles. The van der Waals surface area contributed by atoms with E-state index >= 15 is 0 Å². The summed E-state index contributed by atoms with van der Waals surface area (Å²) < 4.78 is 15.1. The van der Waals surface area contributed by atoms with Crippen molar-refractivity contribution in [3.8, 4) is 5.75 Å². The highest BCUT2D eigenvalue weighted by Gasteiger charge is 2.24. The van der Waals surface area contributed by atoms with Gasteiger partial charge in [0.05, 0.1) is 30.7 Å². The fourth-order valence-electron chi connectivity index (χ4n) is 6.31. The first kappa shape index (κ1) is 30.6. The van der Waals surface area contributed by atoms with Gasteiger partial charge in [-0.15, -0.1) is 0 Å². The van der Waals surface area contributed by atoms with Crippen LogP contribution in [-0.4, -0.2) is 46.9 Å². The van der Waals surface area contributed by atoms with Crippen LogP contribution >= 0.6 is 0 Å². The van der Waals surface area contributed by atoms with Crippen molar-refractivity contribution in [2.75, 3.05) is 26.7 Å². The lowest BCUT2D eigenvalue weighted by atomic mass is 10.00. The fraction of sp³-hybridized carbons (Fsp3) is 0.316. The summed E-state index contributed by atoms with van der Waals surface area (Å²) in [5.74, 6) is 0.738. The zero-order valence-electron chi connectivity index (χ0n) is 25.9. The van der Waals surface area contributed by atoms with Crippen molar-refractivity contribution in [2.45, 2.75) is 51.0 Å². The minimum Gasteiger partial charge on any atom is -0.497 e. The largest absolute Gasteiger partial charge is 0.497 e. The molecule has 0 atom stereocenters. The molecule has 7 nitrogen and oxygen atoms in total. The predicted molar refractivity (Wildman–Crippen MR) is 179 cm³/mol. The molecule has 1 fully saturated rings. The third-order valence-corrected chi connectivity index (χ3v) is 8.81. The third kappa shape index (κ3) is 7.27. The molecule has 0 aliphatic carbocycles. The molecule has 0 spiro atoms. The van der Waals surface area contributed by atoms with Gasteiger partial charge in [0.15, 0.2) is 0 Å². The number of nitrogens with zero attached hydrogens (tertiary/aromatic N) is 3. The van der Waals surface area contributed by atoms with Crippen LogP contribution in [-0.2, 0) is 17.8 Å². The molecule has 7 heteroatoms. The van der Waals surface area contributed by atoms with Crippen LogP contribution < -0.4 is 16.0 Å². The van der Waals surface area contributed by atoms with Crippen LogP contribution in [0.4, 0.5) is 0 Å². The first-order chi connectivity index (χ1) is 22.1. The number of unbranched alkanes of at least 4 members (excludes halogenated alkanes) is 1. The van der Waals surface area contributed by atoms with E-state index in [1.165, 1.54) is 15.7 Å². The number of para-hydroxylation sites is 1. The van der Waals surface area contributed by atoms with E-state index in [9.17, 15) is 9.59 Å². The zero-order valence-corrected chi connectivity index (χ0v) is 25.9. The molecule has 6 rings (SSSR count). The molecule has 1 saturated heterocycles. The Bertz CT molecular complexity index is 1750. The van der Waals surface area contributed by atoms with Gasteiger partial charge in [-0.05, 0) is 73.2 Å². The van der Waals surface area contributed by atoms with Gasteiger partial charge in [0, 0.05) is 19.6 Å². The summed E-state index contributed by atoms with van der Waals surface area (Å²) in [7, 11) is 1.62. The van der Waals surface area contributed by atoms with E-state index in [0.717, 1.165) is 56.6 Å². The first-order valence-electron chi connectivity index (χ1n) is 15.9. The van der Waals surface area contributed by atoms with Crippen molar-refractivity contribution >= 4 is 10.9 Å². The van der Waals surface area contributed by atoms with Gasteiger partial charge < -0.3 is 14.4 Å². The lowest BCUT2D eigenvalue weighted by molar-refractivity contribution is -0.0271. The summed E-state index contributed by atoms with van der Waals surface area (Å²) in [6, 6.07) is 35.9. The maximum Gasteiger partial charge on any atom is 0.331 e. The summed E-state index contributed by atoms with van der Waals surface area (Å²) in [4.78, 5) is 29.5. The number of ether oxygens (including phenoxy) is 2. The minimum absolute atomic E-state index is 0.0647. The van der Waals surface area contributed by atoms with E-state index in [0.29, 0.717) is 17.4 Å². The Morgan fingerprint density at radius 1 is 0.711 bits per heavy atom. The Hall–Kier alpha value is -4.46. The molecule has 0 radical (unpaired) electrons. The maximum atomic E-state index is 13.6. The highest BCUT2D eigenvalue weighted by atomic mass is 16.5. The minimum atomic E-state index is -0.265. The van der Waals surface area contributed by atoms with Gasteiger partial charge >= 0.3 is 5.69 Å². The van der Waals surface area contributed by atoms with E-state index in [1.54, 1.807) is 11.7 Å². The Kier molecular flexibility index (Phi) is 9.88. The van der Waals surface area contributed by atoms with E-state index in [4.69, 9.17) is 9.47 Å². The summed E-state index contributed by atoms with van der Waals surface area (Å²) in [6.07, 6.45) is 3.97. The number of piperidine rings is 1. The number of benzene rings is 4. The van der Waals surface area contributed by atoms with Gasteiger partial charge in [-0.3, -0.25) is 13.9 Å². The predicted octanol–water partition coefficient (Wildman–Crippen LogP) is 6.27. The van der Waals surface area contributed by atoms with Crippen molar-refractivity contribution in [2.24, 2.45) is 0 Å². The number of fused-ring (bicyclic) bond motifs is 1. The Balaban J connectivity index is 1.06. The van der Waals surface area contributed by atoms with Crippen molar-refractivity contribution in [3.63, 3.8) is 0 Å². The number of hydrogen-bond donors (Lipinski definition) is 0. The molecule has 0 unspecified atom stereocenters. The second-order valence-corrected chi connectivity index (χ2v) is 11.8. The zero-order chi connectivity index (χ0) is 31.0. The van der Waals surface area contributed by atoms with Gasteiger partial charge in [-0.25, -0.2) is 4.79 Å². The van der Waals surface area contributed by atoms with Crippen LogP contribution in [0.5, 0.6) is 5.75 Å². The van der Waals surface area contributed by atoms with Crippen LogP contribution in [0, 0.1) is 0 Å². The molecule has 5 aromatic rings. The van der Waals surface area contributed by atoms with E-state index in [1.807, 2.05) is 60.7 Å². The highest BCUT2D eigenvalue weighted by molar-refractivity contribution is 5.77. The van der Waals surface area contributed by atoms with Crippen LogP contribution in [0.2, 0.25) is 0 Å². The SMILES string of the molecule is COc1ccc(Cn2c(=O)c3ccccc3n(CCCCN3CCC(OC(c4ccccc4)c4ccccc4)CC3)c2=O)cc1. The number of likely N-dealkylation sites (tertiary alicyclic amines) is 1. The molecular formula is C38H41N3O4. The molecule has 45 heavy (non-hydrogen) atoms. The van der Waals surface area contributed by atoms with Crippen LogP contribution in [0.1, 0.15) is 48.5 Å². The Labute approximate surface area is 264 Å². The third-order valence-electron chi connectivity index (χ3n) is 8.81. The molecule has 0 N–H and O–H groups in total. The van der Waals surface area contributed by atoms with Gasteiger partial charge in [-0.2, -0.15) is 0 Å². The summed E-state index contributed by atoms with van der Waals surface area (Å²) in [5, 5.41) is 0.567. The van der Waals surface area contributed by atoms with Crippen molar-refractivity contribution < 1.29 is 9.47 Å². The second kappa shape index (κ2) is 14.5. The van der Waals surface area contributed by atoms with Crippen LogP contribution in [0.25, 0.3) is 10.9 Å². The van der Waals surface area contributed by atoms with Crippen molar-refractivity contribution in [1.29, 1.82) is 0 Å². The molecule has 1 aliphatic rings. The van der Waals surface area contributed by atoms with Crippen LogP contribution in [0.3, 0.4) is 0 Å². The quantitative estimate of drug-likeness (QED) is 0.157. The van der Waals surface area contributed by atoms with E-state index in [2.05, 4.69) is 53.4 Å². The van der Waals surface area contributed by atoms with E-state index < -0.39 is 0 Å². The number of aromatic nitrogens is 2. The van der Waals surface area contributed by atoms with Crippen molar-refractivity contribution in [3.05, 3.63) is 147 Å². The molecule has 1 aromatic heterocycles. The fourth-order valence-corrected chi connectivity index (χ4v) is 6.31. The normalized spacial score (nSPS) is 14.3. The smallest absolute Gasteiger partial charge is 0.331 e. The van der Waals surface area contributed by atoms with Crippen molar-refractivity contribution in [1.82, 2.24) is 14.0 Å². The van der Waals surface area contributed by atoms with Gasteiger partial charge in [0.2, 0.25) is 0 Å². The van der Waals surface area contributed by atoms with Gasteiger partial charge in [-0.1, -0.05) is 84.9 Å². The second-order valence-electron chi connectivity index (χ2n) is 11.8. The molecule has 0 amide bonds. The number of rotatable bonds is 12. The average molecular weight is 604 g/mol. The summed E-state index contributed by atoms with van der Waals surface area (Å²) in [6.45, 7) is 3.76. The maximum absolute atomic E-state index is 13.6. The van der Waals surface area contributed by atoms with Crippen LogP contribution in [0.15, 0.2) is 119 Å². The number of aryl methyl sites for hydroxylation is 1. The monoisotopic (exact) mass is 603 g/mol. The Morgan fingerprint density at radius 2 is 1.31 bits per heavy atom. The Morgan fingerprint density at radius 3 is 1.96 bits per heavy atom. The van der Waals surface area contributed by atoms with E-state index in [-0.39, 0.29) is 30.0 Å². The molecular weight excluding hydrogens is 562 g/mol. The molecule has 232 valence electrons. The number of hydrogen-bond acceptors (Lipinski definition) is 5. The number of methoxy groups -OCH3 is 1. The molecule has 4 aromatic carbocycles. The standard InChI is InChI=1S/C38H41N3O4/c1-44-32-20-18-29(19-21-32)28-41-37(42)34-16-8-9-17-35(34)40(38(41)43)25-11-10-24-39-26-22-33(23-27-39)45-36(30-12-4-2-5-13-30)31-14-6-3-7-15-31/h2-9,12-21,33,36H,10-11,22-28H2,1H3. The average Bonchev–Trinajstić information content (AvgIpc) is 3.10. The molecule has 0 saturated carbocycles. The first-order valence-corrected chi connectivity index (χ1v) is 15.9. The summed E-state index contributed by atoms with van der Waals surface area (Å²) >= 11 is 0. The lowest BCUT2D eigenvalue weighted by Crippen LogP contribution is -2.40.